The van der Waals surface area contributed by atoms with E-state index in [-0.39, 0.29) is 11.9 Å². The van der Waals surface area contributed by atoms with Crippen LogP contribution in [0.5, 0.6) is 0 Å². The number of fused-ring (bicyclic) bond motifs is 1. The van der Waals surface area contributed by atoms with Crippen LogP contribution in [-0.4, -0.2) is 11.7 Å². The van der Waals surface area contributed by atoms with E-state index >= 15 is 0 Å². The van der Waals surface area contributed by atoms with Crippen molar-refractivity contribution in [2.75, 3.05) is 11.1 Å². The van der Waals surface area contributed by atoms with E-state index in [0.717, 1.165) is 34.6 Å². The minimum absolute atomic E-state index is 0.0272. The number of rotatable bonds is 5. The van der Waals surface area contributed by atoms with Gasteiger partial charge in [0.2, 0.25) is 5.91 Å². The van der Waals surface area contributed by atoms with Crippen LogP contribution in [0, 0.1) is 13.8 Å². The van der Waals surface area contributed by atoms with E-state index in [0.29, 0.717) is 0 Å². The van der Waals surface area contributed by atoms with Gasteiger partial charge in [-0.2, -0.15) is 0 Å². The number of anilines is 1. The first-order valence-corrected chi connectivity index (χ1v) is 11.0. The number of carbonyl (C=O) groups is 1. The maximum atomic E-state index is 13.4. The van der Waals surface area contributed by atoms with Gasteiger partial charge in [-0.05, 0) is 60.4 Å². The van der Waals surface area contributed by atoms with E-state index in [9.17, 15) is 4.79 Å². The third kappa shape index (κ3) is 4.55. The van der Waals surface area contributed by atoms with Crippen molar-refractivity contribution in [1.29, 1.82) is 0 Å². The monoisotopic (exact) mass is 402 g/mol. The summed E-state index contributed by atoms with van der Waals surface area (Å²) in [6.07, 6.45) is 1.00. The highest BCUT2D eigenvalue weighted by atomic mass is 32.2. The number of thioether (sulfide) groups is 1. The third-order valence-corrected chi connectivity index (χ3v) is 6.50. The van der Waals surface area contributed by atoms with Crippen LogP contribution in [-0.2, 0) is 4.79 Å². The normalized spacial score (nSPS) is 16.7. The van der Waals surface area contributed by atoms with Crippen molar-refractivity contribution in [3.63, 3.8) is 0 Å². The summed E-state index contributed by atoms with van der Waals surface area (Å²) in [6.45, 7) is 4.06. The molecule has 3 nitrogen and oxygen atoms in total. The van der Waals surface area contributed by atoms with E-state index in [2.05, 4.69) is 41.0 Å². The lowest BCUT2D eigenvalue weighted by molar-refractivity contribution is -0.118. The molecule has 3 aromatic carbocycles. The number of carbonyl (C=O) groups excluding carboxylic acids is 1. The van der Waals surface area contributed by atoms with Crippen LogP contribution in [0.25, 0.3) is 0 Å². The quantitative estimate of drug-likeness (QED) is 0.566. The number of aryl methyl sites for hydroxylation is 2. The average molecular weight is 403 g/mol. The summed E-state index contributed by atoms with van der Waals surface area (Å²) in [5.41, 5.74) is 5.33. The van der Waals surface area contributed by atoms with Gasteiger partial charge in [0.25, 0.3) is 0 Å². The molecule has 148 valence electrons. The minimum Gasteiger partial charge on any atom is -0.324 e. The Balaban J connectivity index is 1.63. The molecule has 0 spiro atoms. The van der Waals surface area contributed by atoms with Crippen molar-refractivity contribution in [2.24, 2.45) is 0 Å². The van der Waals surface area contributed by atoms with Gasteiger partial charge in [-0.3, -0.25) is 10.1 Å². The lowest BCUT2D eigenvalue weighted by Gasteiger charge is -2.30. The van der Waals surface area contributed by atoms with Crippen LogP contribution in [0.3, 0.4) is 0 Å². The number of hydrogen-bond donors (Lipinski definition) is 2. The van der Waals surface area contributed by atoms with Crippen molar-refractivity contribution >= 4 is 23.4 Å². The predicted octanol–water partition coefficient (Wildman–Crippen LogP) is 5.81. The van der Waals surface area contributed by atoms with Crippen molar-refractivity contribution in [3.05, 3.63) is 95.1 Å². The lowest BCUT2D eigenvalue weighted by Crippen LogP contribution is -2.36. The van der Waals surface area contributed by atoms with E-state index in [1.165, 1.54) is 10.5 Å². The highest BCUT2D eigenvalue weighted by molar-refractivity contribution is 7.99. The summed E-state index contributed by atoms with van der Waals surface area (Å²) in [4.78, 5) is 14.7. The first kappa shape index (κ1) is 19.7. The second-order valence-corrected chi connectivity index (χ2v) is 8.68. The number of hydrogen-bond acceptors (Lipinski definition) is 3. The Morgan fingerprint density at radius 1 is 1.00 bits per heavy atom. The molecular weight excluding hydrogens is 376 g/mol. The van der Waals surface area contributed by atoms with Gasteiger partial charge < -0.3 is 5.32 Å². The molecule has 0 saturated carbocycles. The number of amides is 1. The van der Waals surface area contributed by atoms with E-state index in [4.69, 9.17) is 0 Å². The second kappa shape index (κ2) is 8.85. The molecule has 1 amide bonds. The van der Waals surface area contributed by atoms with Crippen LogP contribution < -0.4 is 10.6 Å². The van der Waals surface area contributed by atoms with Crippen LogP contribution in [0.4, 0.5) is 5.69 Å². The van der Waals surface area contributed by atoms with E-state index < -0.39 is 6.04 Å². The van der Waals surface area contributed by atoms with E-state index in [1.54, 1.807) is 0 Å². The summed E-state index contributed by atoms with van der Waals surface area (Å²) in [5.74, 6) is 1.02. The Labute approximate surface area is 176 Å². The minimum atomic E-state index is -0.419. The fourth-order valence-corrected chi connectivity index (χ4v) is 4.89. The number of benzene rings is 3. The van der Waals surface area contributed by atoms with Gasteiger partial charge >= 0.3 is 0 Å². The zero-order valence-corrected chi connectivity index (χ0v) is 17.6. The molecule has 0 bridgehead atoms. The molecule has 0 radical (unpaired) electrons. The van der Waals surface area contributed by atoms with Gasteiger partial charge in [0.1, 0.15) is 6.04 Å². The topological polar surface area (TPSA) is 41.1 Å². The molecule has 0 fully saturated rings. The Morgan fingerprint density at radius 2 is 1.76 bits per heavy atom. The SMILES string of the molecule is Cc1ccc(C)c(NC(=O)[C@@H](N[C@H]2CCSc3ccccc32)c2ccccc2)c1. The standard InChI is InChI=1S/C25H26N2OS/c1-17-12-13-18(2)22(16-17)27-25(28)24(19-8-4-3-5-9-19)26-21-14-15-29-23-11-7-6-10-20(21)23/h3-13,16,21,24,26H,14-15H2,1-2H3,(H,27,28)/t21-,24-/m0/s1. The largest absolute Gasteiger partial charge is 0.324 e. The maximum absolute atomic E-state index is 13.4. The molecule has 0 unspecified atom stereocenters. The highest BCUT2D eigenvalue weighted by Crippen LogP contribution is 2.37. The molecule has 1 aliphatic rings. The molecule has 4 heteroatoms. The summed E-state index contributed by atoms with van der Waals surface area (Å²) in [5, 5.41) is 6.81. The lowest BCUT2D eigenvalue weighted by atomic mass is 9.99. The Morgan fingerprint density at radius 3 is 2.59 bits per heavy atom. The fourth-order valence-electron chi connectivity index (χ4n) is 3.76. The van der Waals surface area contributed by atoms with Gasteiger partial charge in [-0.1, -0.05) is 60.7 Å². The summed E-state index contributed by atoms with van der Waals surface area (Å²) in [6, 6.07) is 24.4. The molecule has 1 heterocycles. The summed E-state index contributed by atoms with van der Waals surface area (Å²) in [7, 11) is 0. The van der Waals surface area contributed by atoms with Gasteiger partial charge in [-0.15, -0.1) is 11.8 Å². The van der Waals surface area contributed by atoms with Gasteiger partial charge in [-0.25, -0.2) is 0 Å². The molecule has 2 atom stereocenters. The Kier molecular flexibility index (Phi) is 6.02. The molecule has 29 heavy (non-hydrogen) atoms. The van der Waals surface area contributed by atoms with Gasteiger partial charge in [0.15, 0.2) is 0 Å². The molecule has 0 saturated heterocycles. The zero-order chi connectivity index (χ0) is 20.2. The Hall–Kier alpha value is -2.56. The third-order valence-electron chi connectivity index (χ3n) is 5.37. The molecule has 0 aliphatic carbocycles. The molecule has 0 aromatic heterocycles. The first-order valence-electron chi connectivity index (χ1n) is 10.0. The summed E-state index contributed by atoms with van der Waals surface area (Å²) >= 11 is 1.89. The molecule has 2 N–H and O–H groups in total. The van der Waals surface area contributed by atoms with Gasteiger partial charge in [0.05, 0.1) is 0 Å². The molecule has 4 rings (SSSR count). The van der Waals surface area contributed by atoms with Crippen LogP contribution >= 0.6 is 11.8 Å². The predicted molar refractivity (Wildman–Crippen MR) is 121 cm³/mol. The van der Waals surface area contributed by atoms with Crippen LogP contribution in [0.15, 0.2) is 77.7 Å². The van der Waals surface area contributed by atoms with Crippen molar-refractivity contribution in [2.45, 2.75) is 37.2 Å². The average Bonchev–Trinajstić information content (AvgIpc) is 2.75. The second-order valence-electron chi connectivity index (χ2n) is 7.55. The molecular formula is C25H26N2OS. The van der Waals surface area contributed by atoms with E-state index in [1.807, 2.05) is 68.1 Å². The van der Waals surface area contributed by atoms with Crippen molar-refractivity contribution in [1.82, 2.24) is 5.32 Å². The first-order chi connectivity index (χ1) is 14.1. The van der Waals surface area contributed by atoms with Crippen LogP contribution in [0.1, 0.15) is 40.8 Å². The van der Waals surface area contributed by atoms with Crippen molar-refractivity contribution in [3.8, 4) is 0 Å². The van der Waals surface area contributed by atoms with Gasteiger partial charge in [0, 0.05) is 16.6 Å². The highest BCUT2D eigenvalue weighted by Gasteiger charge is 2.28. The smallest absolute Gasteiger partial charge is 0.246 e. The Bertz CT molecular complexity index is 1000. The summed E-state index contributed by atoms with van der Waals surface area (Å²) < 4.78 is 0. The molecule has 3 aromatic rings. The number of nitrogens with one attached hydrogen (secondary N) is 2. The molecule has 1 aliphatic heterocycles. The zero-order valence-electron chi connectivity index (χ0n) is 16.8. The van der Waals surface area contributed by atoms with Crippen LogP contribution in [0.2, 0.25) is 0 Å². The maximum Gasteiger partial charge on any atom is 0.246 e. The van der Waals surface area contributed by atoms with Crippen molar-refractivity contribution < 1.29 is 4.79 Å². The fraction of sp³-hybridized carbons (Fsp3) is 0.240.